The SMILES string of the molecule is CCN1CCN(CCN2CC3(CCN(C(=O)[C@H]4CCCN4)CC3)OC2=O)CC1.Cl.Cl. The van der Waals surface area contributed by atoms with Gasteiger partial charge < -0.3 is 24.8 Å². The van der Waals surface area contributed by atoms with Gasteiger partial charge in [0, 0.05) is 65.2 Å². The van der Waals surface area contributed by atoms with Crippen LogP contribution in [0.15, 0.2) is 0 Å². The van der Waals surface area contributed by atoms with Crippen molar-refractivity contribution in [3.05, 3.63) is 0 Å². The lowest BCUT2D eigenvalue weighted by Crippen LogP contribution is -2.52. The molecule has 0 aromatic heterocycles. The van der Waals surface area contributed by atoms with E-state index in [0.29, 0.717) is 19.6 Å². The standard InChI is InChI=1S/C20H35N5O3.2ClH/c1-2-22-10-12-23(13-11-22)14-15-25-16-20(28-19(25)27)5-8-24(9-6-20)18(26)17-4-3-7-21-17;;/h17,21H,2-16H2,1H3;2*1H/t17-;;/m1../s1. The molecule has 0 aliphatic carbocycles. The second-order valence-electron chi connectivity index (χ2n) is 8.72. The summed E-state index contributed by atoms with van der Waals surface area (Å²) in [5, 5.41) is 3.29. The van der Waals surface area contributed by atoms with Crippen LogP contribution in [0, 0.1) is 0 Å². The van der Waals surface area contributed by atoms with Gasteiger partial charge in [-0.05, 0) is 25.9 Å². The predicted molar refractivity (Wildman–Crippen MR) is 121 cm³/mol. The van der Waals surface area contributed by atoms with Crippen molar-refractivity contribution in [2.75, 3.05) is 72.0 Å². The summed E-state index contributed by atoms with van der Waals surface area (Å²) in [4.78, 5) is 33.8. The van der Waals surface area contributed by atoms with Crippen molar-refractivity contribution in [1.82, 2.24) is 24.9 Å². The number of hydrogen-bond donors (Lipinski definition) is 1. The Balaban J connectivity index is 0.00000160. The fourth-order valence-corrected chi connectivity index (χ4v) is 4.97. The van der Waals surface area contributed by atoms with Gasteiger partial charge in [-0.2, -0.15) is 0 Å². The van der Waals surface area contributed by atoms with Crippen LogP contribution in [0.25, 0.3) is 0 Å². The molecule has 30 heavy (non-hydrogen) atoms. The second-order valence-corrected chi connectivity index (χ2v) is 8.72. The minimum Gasteiger partial charge on any atom is -0.441 e. The maximum absolute atomic E-state index is 12.6. The Hall–Kier alpha value is -0.800. The minimum absolute atomic E-state index is 0. The van der Waals surface area contributed by atoms with Gasteiger partial charge in [0.15, 0.2) is 0 Å². The summed E-state index contributed by atoms with van der Waals surface area (Å²) in [6, 6.07) is -0.00940. The highest BCUT2D eigenvalue weighted by Crippen LogP contribution is 2.33. The van der Waals surface area contributed by atoms with E-state index in [9.17, 15) is 9.59 Å². The number of piperazine rings is 1. The van der Waals surface area contributed by atoms with Gasteiger partial charge in [-0.15, -0.1) is 24.8 Å². The minimum atomic E-state index is -0.391. The lowest BCUT2D eigenvalue weighted by atomic mass is 9.91. The molecule has 2 amide bonds. The Kier molecular flexibility index (Phi) is 9.49. The van der Waals surface area contributed by atoms with E-state index in [2.05, 4.69) is 22.0 Å². The van der Waals surface area contributed by atoms with Gasteiger partial charge in [-0.25, -0.2) is 4.79 Å². The number of amides is 2. The normalized spacial score (nSPS) is 27.0. The van der Waals surface area contributed by atoms with Crippen molar-refractivity contribution < 1.29 is 14.3 Å². The molecule has 0 radical (unpaired) electrons. The molecule has 4 rings (SSSR count). The number of nitrogens with one attached hydrogen (secondary N) is 1. The van der Waals surface area contributed by atoms with E-state index < -0.39 is 5.60 Å². The number of ether oxygens (including phenoxy) is 1. The lowest BCUT2D eigenvalue weighted by Gasteiger charge is -2.38. The van der Waals surface area contributed by atoms with E-state index in [1.165, 1.54) is 0 Å². The van der Waals surface area contributed by atoms with Crippen molar-refractivity contribution in [2.45, 2.75) is 44.2 Å². The average molecular weight is 466 g/mol. The summed E-state index contributed by atoms with van der Waals surface area (Å²) in [6.07, 6.45) is 3.35. The number of carbonyl (C=O) groups excluding carboxylic acids is 2. The Morgan fingerprint density at radius 3 is 2.33 bits per heavy atom. The number of carbonyl (C=O) groups is 2. The molecule has 4 fully saturated rings. The Bertz CT molecular complexity index is 575. The van der Waals surface area contributed by atoms with Crippen molar-refractivity contribution in [1.29, 1.82) is 0 Å². The third kappa shape index (κ3) is 5.71. The molecule has 174 valence electrons. The molecule has 0 bridgehead atoms. The molecule has 1 spiro atoms. The fraction of sp³-hybridized carbons (Fsp3) is 0.900. The number of likely N-dealkylation sites (tertiary alicyclic amines) is 1. The van der Waals surface area contributed by atoms with Gasteiger partial charge in [-0.1, -0.05) is 6.92 Å². The van der Waals surface area contributed by atoms with E-state index in [0.717, 1.165) is 78.0 Å². The molecule has 8 nitrogen and oxygen atoms in total. The molecule has 0 unspecified atom stereocenters. The van der Waals surface area contributed by atoms with Crippen LogP contribution >= 0.6 is 24.8 Å². The first kappa shape index (κ1) is 25.5. The molecule has 4 aliphatic heterocycles. The summed E-state index contributed by atoms with van der Waals surface area (Å²) < 4.78 is 5.84. The van der Waals surface area contributed by atoms with E-state index in [4.69, 9.17) is 4.74 Å². The average Bonchev–Trinajstić information content (AvgIpc) is 3.35. The first-order valence-electron chi connectivity index (χ1n) is 11.0. The third-order valence-corrected chi connectivity index (χ3v) is 6.98. The van der Waals surface area contributed by atoms with Crippen molar-refractivity contribution >= 4 is 36.8 Å². The molecule has 1 atom stereocenters. The van der Waals surface area contributed by atoms with Crippen molar-refractivity contribution in [2.24, 2.45) is 0 Å². The highest BCUT2D eigenvalue weighted by Gasteiger charge is 2.47. The summed E-state index contributed by atoms with van der Waals surface area (Å²) in [5.74, 6) is 0.222. The van der Waals surface area contributed by atoms with Gasteiger partial charge in [0.2, 0.25) is 5.91 Å². The van der Waals surface area contributed by atoms with Crippen LogP contribution in [0.2, 0.25) is 0 Å². The Morgan fingerprint density at radius 1 is 1.07 bits per heavy atom. The molecule has 1 N–H and O–H groups in total. The highest BCUT2D eigenvalue weighted by molar-refractivity contribution is 5.85. The third-order valence-electron chi connectivity index (χ3n) is 6.98. The zero-order chi connectivity index (χ0) is 19.6. The van der Waals surface area contributed by atoms with E-state index >= 15 is 0 Å². The zero-order valence-electron chi connectivity index (χ0n) is 18.0. The number of likely N-dealkylation sites (N-methyl/N-ethyl adjacent to an activating group) is 1. The summed E-state index contributed by atoms with van der Waals surface area (Å²) in [5.41, 5.74) is -0.391. The van der Waals surface area contributed by atoms with Gasteiger partial charge in [-0.3, -0.25) is 9.69 Å². The van der Waals surface area contributed by atoms with Gasteiger partial charge in [0.1, 0.15) is 5.60 Å². The molecular formula is C20H37Cl2N5O3. The molecule has 0 saturated carbocycles. The molecule has 4 aliphatic rings. The van der Waals surface area contributed by atoms with Crippen LogP contribution in [0.5, 0.6) is 0 Å². The number of nitrogens with zero attached hydrogens (tertiary/aromatic N) is 4. The van der Waals surface area contributed by atoms with E-state index in [1.54, 1.807) is 0 Å². The molecule has 4 saturated heterocycles. The summed E-state index contributed by atoms with van der Waals surface area (Å²) in [7, 11) is 0. The maximum Gasteiger partial charge on any atom is 0.410 e. The van der Waals surface area contributed by atoms with Gasteiger partial charge in [0.25, 0.3) is 0 Å². The zero-order valence-corrected chi connectivity index (χ0v) is 19.6. The topological polar surface area (TPSA) is 68.4 Å². The summed E-state index contributed by atoms with van der Waals surface area (Å²) >= 11 is 0. The maximum atomic E-state index is 12.6. The lowest BCUT2D eigenvalue weighted by molar-refractivity contribution is -0.136. The van der Waals surface area contributed by atoms with Crippen LogP contribution in [0.1, 0.15) is 32.6 Å². The van der Waals surface area contributed by atoms with Crippen LogP contribution < -0.4 is 5.32 Å². The largest absolute Gasteiger partial charge is 0.441 e. The Labute approximate surface area is 192 Å². The molecule has 4 heterocycles. The number of piperidine rings is 1. The quantitative estimate of drug-likeness (QED) is 0.653. The highest BCUT2D eigenvalue weighted by atomic mass is 35.5. The van der Waals surface area contributed by atoms with Crippen LogP contribution in [0.4, 0.5) is 4.79 Å². The van der Waals surface area contributed by atoms with E-state index in [1.807, 2.05) is 9.80 Å². The number of hydrogen-bond acceptors (Lipinski definition) is 6. The van der Waals surface area contributed by atoms with Gasteiger partial charge >= 0.3 is 6.09 Å². The second kappa shape index (κ2) is 11.2. The van der Waals surface area contributed by atoms with Crippen LogP contribution in [0.3, 0.4) is 0 Å². The summed E-state index contributed by atoms with van der Waals surface area (Å²) in [6.45, 7) is 12.4. The van der Waals surface area contributed by atoms with Crippen molar-refractivity contribution in [3.8, 4) is 0 Å². The van der Waals surface area contributed by atoms with Crippen LogP contribution in [-0.4, -0.2) is 115 Å². The number of halogens is 2. The van der Waals surface area contributed by atoms with Crippen molar-refractivity contribution in [3.63, 3.8) is 0 Å². The van der Waals surface area contributed by atoms with Crippen LogP contribution in [-0.2, 0) is 9.53 Å². The molecule has 0 aromatic rings. The molecule has 10 heteroatoms. The van der Waals surface area contributed by atoms with E-state index in [-0.39, 0.29) is 42.9 Å². The first-order chi connectivity index (χ1) is 13.6. The monoisotopic (exact) mass is 465 g/mol. The first-order valence-corrected chi connectivity index (χ1v) is 11.0. The number of rotatable bonds is 5. The molecular weight excluding hydrogens is 429 g/mol. The van der Waals surface area contributed by atoms with Gasteiger partial charge in [0.05, 0.1) is 12.6 Å². The molecule has 0 aromatic carbocycles. The Morgan fingerprint density at radius 2 is 1.73 bits per heavy atom. The predicted octanol–water partition coefficient (Wildman–Crippen LogP) is 1.03. The smallest absolute Gasteiger partial charge is 0.410 e. The fourth-order valence-electron chi connectivity index (χ4n) is 4.97.